The lowest BCUT2D eigenvalue weighted by Gasteiger charge is -2.05. The van der Waals surface area contributed by atoms with Crippen molar-refractivity contribution >= 4 is 27.6 Å². The van der Waals surface area contributed by atoms with Crippen LogP contribution >= 0.6 is 15.9 Å². The minimum atomic E-state index is -1.11. The molecule has 0 fully saturated rings. The van der Waals surface area contributed by atoms with Crippen LogP contribution in [0.1, 0.15) is 11.1 Å². The van der Waals surface area contributed by atoms with Crippen LogP contribution in [-0.2, 0) is 9.63 Å². The Morgan fingerprint density at radius 1 is 1.53 bits per heavy atom. The highest BCUT2D eigenvalue weighted by Crippen LogP contribution is 2.16. The van der Waals surface area contributed by atoms with Gasteiger partial charge in [-0.15, -0.1) is 0 Å². The molecule has 1 rings (SSSR count). The Morgan fingerprint density at radius 2 is 2.20 bits per heavy atom. The molecule has 4 nitrogen and oxygen atoms in total. The lowest BCUT2D eigenvalue weighted by atomic mass is 10.0. The van der Waals surface area contributed by atoms with E-state index in [1.54, 1.807) is 12.1 Å². The van der Waals surface area contributed by atoms with Gasteiger partial charge in [0, 0.05) is 10.0 Å². The minimum absolute atomic E-state index is 0.0949. The molecule has 0 aliphatic heterocycles. The standard InChI is InChI=1S/C10H10BrNO3/c1-6-5-7(11)3-4-8(6)9(10(13)14)12-15-2/h3-5H,1-2H3,(H,13,14)/b12-9-. The predicted octanol–water partition coefficient (Wildman–Crippen LogP) is 2.19. The van der Waals surface area contributed by atoms with Crippen LogP contribution in [-0.4, -0.2) is 23.9 Å². The molecular weight excluding hydrogens is 262 g/mol. The summed E-state index contributed by atoms with van der Waals surface area (Å²) >= 11 is 3.30. The van der Waals surface area contributed by atoms with Crippen LogP contribution in [0, 0.1) is 6.92 Å². The summed E-state index contributed by atoms with van der Waals surface area (Å²) in [4.78, 5) is 15.4. The number of carboxylic acid groups (broad SMARTS) is 1. The largest absolute Gasteiger partial charge is 0.476 e. The molecule has 0 atom stereocenters. The number of carboxylic acids is 1. The molecule has 0 heterocycles. The van der Waals surface area contributed by atoms with Crippen molar-refractivity contribution in [1.82, 2.24) is 0 Å². The number of rotatable bonds is 3. The average Bonchev–Trinajstić information content (AvgIpc) is 2.15. The number of benzene rings is 1. The molecule has 0 aliphatic carbocycles. The van der Waals surface area contributed by atoms with Crippen LogP contribution in [0.5, 0.6) is 0 Å². The summed E-state index contributed by atoms with van der Waals surface area (Å²) in [6.45, 7) is 1.81. The van der Waals surface area contributed by atoms with Gasteiger partial charge in [0.25, 0.3) is 0 Å². The Balaban J connectivity index is 3.24. The number of halogens is 1. The fourth-order valence-electron chi connectivity index (χ4n) is 1.19. The van der Waals surface area contributed by atoms with Crippen molar-refractivity contribution in [3.05, 3.63) is 33.8 Å². The Morgan fingerprint density at radius 3 is 2.67 bits per heavy atom. The quantitative estimate of drug-likeness (QED) is 0.677. The maximum atomic E-state index is 10.9. The first-order chi connectivity index (χ1) is 7.06. The van der Waals surface area contributed by atoms with E-state index in [9.17, 15) is 4.79 Å². The fraction of sp³-hybridized carbons (Fsp3) is 0.200. The van der Waals surface area contributed by atoms with Gasteiger partial charge in [-0.1, -0.05) is 27.2 Å². The van der Waals surface area contributed by atoms with Gasteiger partial charge in [-0.3, -0.25) is 0 Å². The van der Waals surface area contributed by atoms with Crippen molar-refractivity contribution in [3.63, 3.8) is 0 Å². The Hall–Kier alpha value is -1.36. The van der Waals surface area contributed by atoms with Crippen LogP contribution in [0.4, 0.5) is 0 Å². The molecule has 80 valence electrons. The molecule has 0 spiro atoms. The summed E-state index contributed by atoms with van der Waals surface area (Å²) < 4.78 is 0.894. The third kappa shape index (κ3) is 2.79. The van der Waals surface area contributed by atoms with Gasteiger partial charge in [-0.25, -0.2) is 4.79 Å². The number of aliphatic carboxylic acids is 1. The summed E-state index contributed by atoms with van der Waals surface area (Å²) in [5, 5.41) is 12.4. The van der Waals surface area contributed by atoms with E-state index in [2.05, 4.69) is 25.9 Å². The van der Waals surface area contributed by atoms with E-state index < -0.39 is 5.97 Å². The number of oxime groups is 1. The lowest BCUT2D eigenvalue weighted by molar-refractivity contribution is -0.129. The van der Waals surface area contributed by atoms with Crippen LogP contribution in [0.2, 0.25) is 0 Å². The van der Waals surface area contributed by atoms with Gasteiger partial charge in [0.2, 0.25) is 0 Å². The third-order valence-electron chi connectivity index (χ3n) is 1.83. The highest BCUT2D eigenvalue weighted by atomic mass is 79.9. The number of carbonyl (C=O) groups is 1. The van der Waals surface area contributed by atoms with Crippen molar-refractivity contribution in [2.75, 3.05) is 7.11 Å². The monoisotopic (exact) mass is 271 g/mol. The normalized spacial score (nSPS) is 11.3. The van der Waals surface area contributed by atoms with Crippen molar-refractivity contribution in [1.29, 1.82) is 0 Å². The summed E-state index contributed by atoms with van der Waals surface area (Å²) in [7, 11) is 1.32. The molecule has 0 unspecified atom stereocenters. The summed E-state index contributed by atoms with van der Waals surface area (Å²) in [6, 6.07) is 5.27. The van der Waals surface area contributed by atoms with E-state index in [4.69, 9.17) is 5.11 Å². The van der Waals surface area contributed by atoms with Gasteiger partial charge >= 0.3 is 5.97 Å². The van der Waals surface area contributed by atoms with Gasteiger partial charge in [-0.2, -0.15) is 0 Å². The number of aryl methyl sites for hydroxylation is 1. The van der Waals surface area contributed by atoms with Gasteiger partial charge in [0.15, 0.2) is 5.71 Å². The smallest absolute Gasteiger partial charge is 0.358 e. The molecule has 0 radical (unpaired) electrons. The molecule has 0 aromatic heterocycles. The number of hydrogen-bond donors (Lipinski definition) is 1. The average molecular weight is 272 g/mol. The Bertz CT molecular complexity index is 415. The first-order valence-electron chi connectivity index (χ1n) is 4.17. The van der Waals surface area contributed by atoms with E-state index >= 15 is 0 Å². The SMILES string of the molecule is CO/N=C(\C(=O)O)c1ccc(Br)cc1C. The summed E-state index contributed by atoms with van der Waals surface area (Å²) in [5.74, 6) is -1.11. The molecule has 0 bridgehead atoms. The molecule has 0 saturated heterocycles. The van der Waals surface area contributed by atoms with Crippen LogP contribution in [0.3, 0.4) is 0 Å². The molecule has 0 saturated carbocycles. The molecule has 0 amide bonds. The molecule has 15 heavy (non-hydrogen) atoms. The molecule has 5 heteroatoms. The third-order valence-corrected chi connectivity index (χ3v) is 2.32. The summed E-state index contributed by atoms with van der Waals surface area (Å²) in [5.41, 5.74) is 1.28. The topological polar surface area (TPSA) is 58.9 Å². The van der Waals surface area contributed by atoms with E-state index in [1.807, 2.05) is 13.0 Å². The second kappa shape index (κ2) is 4.93. The van der Waals surface area contributed by atoms with E-state index in [-0.39, 0.29) is 5.71 Å². The van der Waals surface area contributed by atoms with Crippen LogP contribution in [0.15, 0.2) is 27.8 Å². The second-order valence-corrected chi connectivity index (χ2v) is 3.80. The zero-order chi connectivity index (χ0) is 11.4. The first kappa shape index (κ1) is 11.7. The molecule has 1 aromatic carbocycles. The van der Waals surface area contributed by atoms with Crippen LogP contribution in [0.25, 0.3) is 0 Å². The highest BCUT2D eigenvalue weighted by molar-refractivity contribution is 9.10. The van der Waals surface area contributed by atoms with Crippen molar-refractivity contribution in [2.24, 2.45) is 5.16 Å². The fourth-order valence-corrected chi connectivity index (χ4v) is 1.66. The zero-order valence-corrected chi connectivity index (χ0v) is 9.91. The van der Waals surface area contributed by atoms with Crippen molar-refractivity contribution in [2.45, 2.75) is 6.92 Å². The van der Waals surface area contributed by atoms with E-state index in [0.29, 0.717) is 5.56 Å². The predicted molar refractivity (Wildman–Crippen MR) is 60.1 cm³/mol. The van der Waals surface area contributed by atoms with E-state index in [0.717, 1.165) is 10.0 Å². The maximum absolute atomic E-state index is 10.9. The Kier molecular flexibility index (Phi) is 3.85. The van der Waals surface area contributed by atoms with Gasteiger partial charge in [0.05, 0.1) is 0 Å². The highest BCUT2D eigenvalue weighted by Gasteiger charge is 2.15. The van der Waals surface area contributed by atoms with Gasteiger partial charge in [-0.05, 0) is 24.6 Å². The maximum Gasteiger partial charge on any atom is 0.358 e. The van der Waals surface area contributed by atoms with Crippen molar-refractivity contribution < 1.29 is 14.7 Å². The second-order valence-electron chi connectivity index (χ2n) is 2.89. The van der Waals surface area contributed by atoms with E-state index in [1.165, 1.54) is 7.11 Å². The molecule has 0 aliphatic rings. The number of hydrogen-bond acceptors (Lipinski definition) is 3. The number of nitrogens with zero attached hydrogens (tertiary/aromatic N) is 1. The molecule has 1 aromatic rings. The Labute approximate surface area is 95.7 Å². The van der Waals surface area contributed by atoms with Gasteiger partial charge in [0.1, 0.15) is 7.11 Å². The van der Waals surface area contributed by atoms with Crippen LogP contribution < -0.4 is 0 Å². The zero-order valence-electron chi connectivity index (χ0n) is 8.32. The van der Waals surface area contributed by atoms with Gasteiger partial charge < -0.3 is 9.94 Å². The lowest BCUT2D eigenvalue weighted by Crippen LogP contribution is -2.16. The summed E-state index contributed by atoms with van der Waals surface area (Å²) in [6.07, 6.45) is 0. The molecule has 1 N–H and O–H groups in total. The van der Waals surface area contributed by atoms with Crippen molar-refractivity contribution in [3.8, 4) is 0 Å². The minimum Gasteiger partial charge on any atom is -0.476 e. The first-order valence-corrected chi connectivity index (χ1v) is 4.96. The molecular formula is C10H10BrNO3.